The van der Waals surface area contributed by atoms with Gasteiger partial charge in [-0.2, -0.15) is 0 Å². The zero-order chi connectivity index (χ0) is 10.7. The van der Waals surface area contributed by atoms with Crippen LogP contribution in [0.4, 0.5) is 0 Å². The van der Waals surface area contributed by atoms with Gasteiger partial charge in [0.2, 0.25) is 0 Å². The van der Waals surface area contributed by atoms with E-state index in [-0.39, 0.29) is 5.78 Å². The summed E-state index contributed by atoms with van der Waals surface area (Å²) in [6.45, 7) is 5.50. The molecule has 0 atom stereocenters. The Morgan fingerprint density at radius 2 is 2.07 bits per heavy atom. The molecule has 2 heteroatoms. The van der Waals surface area contributed by atoms with Crippen molar-refractivity contribution in [2.75, 3.05) is 0 Å². The van der Waals surface area contributed by atoms with Gasteiger partial charge in [0.05, 0.1) is 0 Å². The van der Waals surface area contributed by atoms with Crippen LogP contribution in [0.15, 0.2) is 12.1 Å². The van der Waals surface area contributed by atoms with Crippen molar-refractivity contribution in [2.45, 2.75) is 33.6 Å². The van der Waals surface area contributed by atoms with Crippen LogP contribution in [-0.2, 0) is 6.42 Å². The Morgan fingerprint density at radius 3 is 2.57 bits per heavy atom. The largest absolute Gasteiger partial charge is 0.508 e. The fraction of sp³-hybridized carbons (Fsp3) is 0.417. The van der Waals surface area contributed by atoms with Crippen molar-refractivity contribution < 1.29 is 9.90 Å². The van der Waals surface area contributed by atoms with Crippen molar-refractivity contribution in [2.24, 2.45) is 0 Å². The molecule has 0 bridgehead atoms. The van der Waals surface area contributed by atoms with E-state index in [1.54, 1.807) is 19.1 Å². The van der Waals surface area contributed by atoms with E-state index in [0.29, 0.717) is 11.3 Å². The summed E-state index contributed by atoms with van der Waals surface area (Å²) >= 11 is 0. The van der Waals surface area contributed by atoms with E-state index in [0.717, 1.165) is 24.0 Å². The number of rotatable bonds is 3. The summed E-state index contributed by atoms with van der Waals surface area (Å²) in [4.78, 5) is 11.3. The lowest BCUT2D eigenvalue weighted by Crippen LogP contribution is -2.00. The molecule has 0 saturated carbocycles. The number of hydrogen-bond acceptors (Lipinski definition) is 2. The Hall–Kier alpha value is -1.31. The molecular weight excluding hydrogens is 176 g/mol. The summed E-state index contributed by atoms with van der Waals surface area (Å²) in [5.74, 6) is 0.356. The number of benzene rings is 1. The van der Waals surface area contributed by atoms with Crippen molar-refractivity contribution in [3.8, 4) is 5.75 Å². The van der Waals surface area contributed by atoms with Crippen LogP contribution in [0.25, 0.3) is 0 Å². The Morgan fingerprint density at radius 1 is 1.43 bits per heavy atom. The van der Waals surface area contributed by atoms with Crippen LogP contribution in [-0.4, -0.2) is 10.9 Å². The number of ketones is 1. The smallest absolute Gasteiger partial charge is 0.160 e. The highest BCUT2D eigenvalue weighted by molar-refractivity contribution is 5.96. The van der Waals surface area contributed by atoms with Gasteiger partial charge >= 0.3 is 0 Å². The number of aromatic hydroxyl groups is 1. The zero-order valence-corrected chi connectivity index (χ0v) is 8.92. The summed E-state index contributed by atoms with van der Waals surface area (Å²) in [5, 5.41) is 9.62. The van der Waals surface area contributed by atoms with Crippen LogP contribution < -0.4 is 0 Å². The van der Waals surface area contributed by atoms with Gasteiger partial charge in [0, 0.05) is 5.56 Å². The van der Waals surface area contributed by atoms with E-state index < -0.39 is 0 Å². The predicted molar refractivity (Wildman–Crippen MR) is 56.8 cm³/mol. The van der Waals surface area contributed by atoms with Crippen LogP contribution in [0, 0.1) is 6.92 Å². The molecule has 1 aromatic carbocycles. The van der Waals surface area contributed by atoms with Crippen LogP contribution in [0.1, 0.15) is 41.8 Å². The molecule has 0 unspecified atom stereocenters. The lowest BCUT2D eigenvalue weighted by Gasteiger charge is -2.10. The number of carbonyl (C=O) groups is 1. The Bertz CT molecular complexity index is 354. The van der Waals surface area contributed by atoms with Crippen molar-refractivity contribution in [3.05, 3.63) is 28.8 Å². The molecule has 0 saturated heterocycles. The van der Waals surface area contributed by atoms with E-state index in [2.05, 4.69) is 6.92 Å². The van der Waals surface area contributed by atoms with E-state index in [9.17, 15) is 9.90 Å². The monoisotopic (exact) mass is 192 g/mol. The van der Waals surface area contributed by atoms with Gasteiger partial charge < -0.3 is 5.11 Å². The molecule has 1 rings (SSSR count). The van der Waals surface area contributed by atoms with Crippen LogP contribution in [0.2, 0.25) is 0 Å². The molecule has 1 N–H and O–H groups in total. The van der Waals surface area contributed by atoms with Gasteiger partial charge in [-0.1, -0.05) is 13.3 Å². The molecule has 0 spiro atoms. The van der Waals surface area contributed by atoms with E-state index in [4.69, 9.17) is 0 Å². The Kier molecular flexibility index (Phi) is 3.28. The maximum Gasteiger partial charge on any atom is 0.160 e. The fourth-order valence-corrected chi connectivity index (χ4v) is 1.69. The minimum atomic E-state index is 0.0554. The molecular formula is C12H16O2. The van der Waals surface area contributed by atoms with E-state index in [1.807, 2.05) is 6.92 Å². The summed E-state index contributed by atoms with van der Waals surface area (Å²) in [5.41, 5.74) is 2.53. The second kappa shape index (κ2) is 4.27. The molecule has 0 radical (unpaired) electrons. The Labute approximate surface area is 84.6 Å². The van der Waals surface area contributed by atoms with Gasteiger partial charge in [0.1, 0.15) is 5.75 Å². The highest BCUT2D eigenvalue weighted by atomic mass is 16.3. The number of phenolic OH excluding ortho intramolecular Hbond substituents is 1. The Balaban J connectivity index is 3.26. The third-order valence-electron chi connectivity index (χ3n) is 2.45. The van der Waals surface area contributed by atoms with E-state index >= 15 is 0 Å². The molecule has 0 amide bonds. The second-order valence-corrected chi connectivity index (χ2v) is 3.54. The molecule has 14 heavy (non-hydrogen) atoms. The molecule has 1 aromatic rings. The molecule has 0 fully saturated rings. The molecule has 2 nitrogen and oxygen atoms in total. The molecule has 0 heterocycles. The third-order valence-corrected chi connectivity index (χ3v) is 2.45. The van der Waals surface area contributed by atoms with Gasteiger partial charge in [0.15, 0.2) is 5.78 Å². The lowest BCUT2D eigenvalue weighted by atomic mass is 9.96. The number of carbonyl (C=O) groups excluding carboxylic acids is 1. The van der Waals surface area contributed by atoms with Gasteiger partial charge in [0.25, 0.3) is 0 Å². The predicted octanol–water partition coefficient (Wildman–Crippen LogP) is 2.86. The number of hydrogen-bond donors (Lipinski definition) is 1. The van der Waals surface area contributed by atoms with Gasteiger partial charge in [-0.05, 0) is 43.5 Å². The molecule has 0 aromatic heterocycles. The SMILES string of the molecule is CCCc1c(O)ccc(C(C)=O)c1C. The fourth-order valence-electron chi connectivity index (χ4n) is 1.69. The summed E-state index contributed by atoms with van der Waals surface area (Å²) < 4.78 is 0. The zero-order valence-electron chi connectivity index (χ0n) is 8.92. The summed E-state index contributed by atoms with van der Waals surface area (Å²) in [6, 6.07) is 3.29. The molecule has 0 aliphatic heterocycles. The number of phenols is 1. The first-order valence-electron chi connectivity index (χ1n) is 4.90. The molecule has 0 aliphatic rings. The third kappa shape index (κ3) is 1.95. The van der Waals surface area contributed by atoms with Crippen LogP contribution >= 0.6 is 0 Å². The lowest BCUT2D eigenvalue weighted by molar-refractivity contribution is 0.101. The van der Waals surface area contributed by atoms with Crippen molar-refractivity contribution in [3.63, 3.8) is 0 Å². The van der Waals surface area contributed by atoms with Crippen LogP contribution in [0.3, 0.4) is 0 Å². The minimum absolute atomic E-state index is 0.0554. The first kappa shape index (κ1) is 10.8. The van der Waals surface area contributed by atoms with Crippen molar-refractivity contribution in [1.29, 1.82) is 0 Å². The second-order valence-electron chi connectivity index (χ2n) is 3.54. The minimum Gasteiger partial charge on any atom is -0.508 e. The first-order chi connectivity index (χ1) is 6.57. The van der Waals surface area contributed by atoms with Gasteiger partial charge in [-0.15, -0.1) is 0 Å². The quantitative estimate of drug-likeness (QED) is 0.748. The summed E-state index contributed by atoms with van der Waals surface area (Å²) in [7, 11) is 0. The first-order valence-corrected chi connectivity index (χ1v) is 4.90. The molecule has 76 valence electrons. The normalized spacial score (nSPS) is 10.2. The van der Waals surface area contributed by atoms with Crippen molar-refractivity contribution >= 4 is 5.78 Å². The molecule has 0 aliphatic carbocycles. The maximum absolute atomic E-state index is 11.3. The average molecular weight is 192 g/mol. The van der Waals surface area contributed by atoms with Crippen LogP contribution in [0.5, 0.6) is 5.75 Å². The standard InChI is InChI=1S/C12H16O2/c1-4-5-11-8(2)10(9(3)13)6-7-12(11)14/h6-7,14H,4-5H2,1-3H3. The van der Waals surface area contributed by atoms with Crippen molar-refractivity contribution in [1.82, 2.24) is 0 Å². The average Bonchev–Trinajstić information content (AvgIpc) is 2.11. The topological polar surface area (TPSA) is 37.3 Å². The van der Waals surface area contributed by atoms with E-state index in [1.165, 1.54) is 0 Å². The maximum atomic E-state index is 11.3. The number of Topliss-reactive ketones (excluding diaryl/α,β-unsaturated/α-hetero) is 1. The highest BCUT2D eigenvalue weighted by Crippen LogP contribution is 2.25. The summed E-state index contributed by atoms with van der Waals surface area (Å²) in [6.07, 6.45) is 1.79. The van der Waals surface area contributed by atoms with Gasteiger partial charge in [-0.3, -0.25) is 4.79 Å². The highest BCUT2D eigenvalue weighted by Gasteiger charge is 2.10. The van der Waals surface area contributed by atoms with Gasteiger partial charge in [-0.25, -0.2) is 0 Å².